The smallest absolute Gasteiger partial charge is 0.418 e. The van der Waals surface area contributed by atoms with E-state index in [2.05, 4.69) is 26.4 Å². The Morgan fingerprint density at radius 2 is 2.00 bits per heavy atom. The van der Waals surface area contributed by atoms with Crippen LogP contribution in [0.3, 0.4) is 0 Å². The molecule has 2 fully saturated rings. The van der Waals surface area contributed by atoms with Gasteiger partial charge in [-0.25, -0.2) is 14.4 Å². The summed E-state index contributed by atoms with van der Waals surface area (Å²) in [5.74, 6) is -0.967. The van der Waals surface area contributed by atoms with Crippen LogP contribution in [0.1, 0.15) is 42.5 Å². The maximum absolute atomic E-state index is 16.9. The van der Waals surface area contributed by atoms with E-state index in [0.29, 0.717) is 11.4 Å². The molecule has 0 radical (unpaired) electrons. The number of fused-ring (bicyclic) bond motifs is 1. The third-order valence-corrected chi connectivity index (χ3v) is 9.68. The average Bonchev–Trinajstić information content (AvgIpc) is 3.11. The summed E-state index contributed by atoms with van der Waals surface area (Å²) in [5.41, 5.74) is 10.4. The standard InChI is InChI=1S/C32H31ClF4N8O2/c1-15-12-31(6-8-44(31)13-15)14-47-30-42-26-21-27(46-10-9-45(29(21)43-30)17(3)18-5-4-7-40-28(18)39)23(33)20(24(26)34)25-22(32(35,36)37)16(2)11-19(38)41-25/h4-5,7,11,17H,1,6,8-10,12-14H2,2-3H3,(H2,38,41)(H2,39,40)/t17-,31?/m1/s1. The number of ether oxygens (including phenoxy) is 2. The van der Waals surface area contributed by atoms with Gasteiger partial charge in [0, 0.05) is 24.8 Å². The third-order valence-electron chi connectivity index (χ3n) is 9.32. The lowest BCUT2D eigenvalue weighted by Crippen LogP contribution is -2.59. The molecule has 0 aliphatic carbocycles. The van der Waals surface area contributed by atoms with Crippen molar-refractivity contribution in [3.05, 3.63) is 64.1 Å². The number of aromatic nitrogens is 4. The molecule has 0 spiro atoms. The zero-order valence-corrected chi connectivity index (χ0v) is 26.3. The lowest BCUT2D eigenvalue weighted by atomic mass is 9.85. The van der Waals surface area contributed by atoms with Crippen molar-refractivity contribution < 1.29 is 27.0 Å². The van der Waals surface area contributed by atoms with Crippen molar-refractivity contribution in [2.75, 3.05) is 49.2 Å². The molecule has 15 heteroatoms. The summed E-state index contributed by atoms with van der Waals surface area (Å²) < 4.78 is 72.5. The number of nitrogen functional groups attached to an aromatic ring is 2. The van der Waals surface area contributed by atoms with E-state index in [1.165, 1.54) is 6.92 Å². The Morgan fingerprint density at radius 1 is 1.21 bits per heavy atom. The minimum Gasteiger partial charge on any atom is -0.489 e. The molecule has 2 atom stereocenters. The van der Waals surface area contributed by atoms with Gasteiger partial charge in [-0.05, 0) is 44.4 Å². The second-order valence-electron chi connectivity index (χ2n) is 12.3. The van der Waals surface area contributed by atoms with E-state index < -0.39 is 39.9 Å². The highest BCUT2D eigenvalue weighted by Gasteiger charge is 2.50. The van der Waals surface area contributed by atoms with Crippen molar-refractivity contribution in [3.8, 4) is 23.0 Å². The summed E-state index contributed by atoms with van der Waals surface area (Å²) >= 11 is 6.78. The first-order valence-electron chi connectivity index (χ1n) is 15.0. The van der Waals surface area contributed by atoms with Gasteiger partial charge in [-0.15, -0.1) is 0 Å². The van der Waals surface area contributed by atoms with Crippen molar-refractivity contribution in [3.63, 3.8) is 0 Å². The van der Waals surface area contributed by atoms with Gasteiger partial charge in [-0.1, -0.05) is 29.8 Å². The van der Waals surface area contributed by atoms with E-state index in [1.54, 1.807) is 12.3 Å². The van der Waals surface area contributed by atoms with Gasteiger partial charge in [0.2, 0.25) is 0 Å². The number of hydrogen-bond acceptors (Lipinski definition) is 10. The van der Waals surface area contributed by atoms with Crippen LogP contribution in [0.4, 0.5) is 35.0 Å². The first-order chi connectivity index (χ1) is 22.3. The summed E-state index contributed by atoms with van der Waals surface area (Å²) in [6.45, 7) is 9.35. The number of halogens is 5. The normalized spacial score (nSPS) is 20.1. The van der Waals surface area contributed by atoms with E-state index >= 15 is 4.39 Å². The monoisotopic (exact) mass is 670 g/mol. The molecule has 0 amide bonds. The van der Waals surface area contributed by atoms with Gasteiger partial charge in [-0.3, -0.25) is 4.90 Å². The van der Waals surface area contributed by atoms with Crippen molar-refractivity contribution in [1.82, 2.24) is 24.8 Å². The Kier molecular flexibility index (Phi) is 7.35. The van der Waals surface area contributed by atoms with E-state index in [9.17, 15) is 13.2 Å². The van der Waals surface area contributed by atoms with Crippen molar-refractivity contribution in [1.29, 1.82) is 0 Å². The maximum Gasteiger partial charge on any atom is 0.418 e. The molecule has 10 nitrogen and oxygen atoms in total. The number of pyridine rings is 2. The molecule has 1 unspecified atom stereocenters. The number of nitrogens with two attached hydrogens (primary N) is 2. The van der Waals surface area contributed by atoms with Crippen LogP contribution < -0.4 is 25.8 Å². The Hall–Kier alpha value is -4.43. The molecule has 6 heterocycles. The SMILES string of the molecule is C=C1CN2CCC2(COc2nc3c4c(c(Cl)c(-c5nc(N)cc(C)c5C(F)(F)F)c(F)c4n2)OCCN3[C@H](C)c2cccnc2N)C1. The highest BCUT2D eigenvalue weighted by Crippen LogP contribution is 2.51. The van der Waals surface area contributed by atoms with Gasteiger partial charge in [0.15, 0.2) is 11.6 Å². The third kappa shape index (κ3) is 5.05. The molecule has 3 aliphatic heterocycles. The number of anilines is 3. The topological polar surface area (TPSA) is 129 Å². The second kappa shape index (κ2) is 11.1. The highest BCUT2D eigenvalue weighted by atomic mass is 35.5. The number of rotatable bonds is 6. The molecule has 246 valence electrons. The van der Waals surface area contributed by atoms with Gasteiger partial charge in [-0.2, -0.15) is 23.1 Å². The molecule has 3 aliphatic rings. The molecule has 4 aromatic rings. The van der Waals surface area contributed by atoms with Crippen LogP contribution in [-0.4, -0.2) is 63.2 Å². The maximum atomic E-state index is 16.9. The van der Waals surface area contributed by atoms with Gasteiger partial charge in [0.1, 0.15) is 36.2 Å². The number of alkyl halides is 3. The van der Waals surface area contributed by atoms with Crippen LogP contribution in [0.25, 0.3) is 22.2 Å². The van der Waals surface area contributed by atoms with E-state index in [-0.39, 0.29) is 65.2 Å². The van der Waals surface area contributed by atoms with Crippen molar-refractivity contribution >= 4 is 40.0 Å². The fraction of sp³-hybridized carbons (Fsp3) is 0.375. The quantitative estimate of drug-likeness (QED) is 0.183. The molecule has 2 saturated heterocycles. The molecule has 0 bridgehead atoms. The van der Waals surface area contributed by atoms with E-state index in [1.807, 2.05) is 17.9 Å². The largest absolute Gasteiger partial charge is 0.489 e. The van der Waals surface area contributed by atoms with Crippen LogP contribution in [-0.2, 0) is 6.18 Å². The molecule has 1 aromatic carbocycles. The Balaban J connectivity index is 1.46. The summed E-state index contributed by atoms with van der Waals surface area (Å²) in [6.07, 6.45) is -1.72. The number of aryl methyl sites for hydroxylation is 1. The van der Waals surface area contributed by atoms with Gasteiger partial charge < -0.3 is 25.8 Å². The van der Waals surface area contributed by atoms with E-state index in [0.717, 1.165) is 37.6 Å². The summed E-state index contributed by atoms with van der Waals surface area (Å²) in [7, 11) is 0. The first kappa shape index (κ1) is 31.2. The van der Waals surface area contributed by atoms with Gasteiger partial charge in [0.25, 0.3) is 0 Å². The minimum absolute atomic E-state index is 0.0205. The molecule has 47 heavy (non-hydrogen) atoms. The zero-order chi connectivity index (χ0) is 33.4. The molecule has 3 aromatic heterocycles. The summed E-state index contributed by atoms with van der Waals surface area (Å²) in [4.78, 5) is 21.4. The predicted molar refractivity (Wildman–Crippen MR) is 170 cm³/mol. The zero-order valence-electron chi connectivity index (χ0n) is 25.6. The van der Waals surface area contributed by atoms with Crippen LogP contribution in [0.2, 0.25) is 5.02 Å². The molecule has 0 saturated carbocycles. The number of nitrogens with zero attached hydrogens (tertiary/aromatic N) is 6. The predicted octanol–water partition coefficient (Wildman–Crippen LogP) is 6.11. The van der Waals surface area contributed by atoms with Crippen molar-refractivity contribution in [2.24, 2.45) is 0 Å². The summed E-state index contributed by atoms with van der Waals surface area (Å²) in [6, 6.07) is 4.03. The molecular formula is C32H31ClF4N8O2. The Labute approximate surface area is 272 Å². The molecular weight excluding hydrogens is 640 g/mol. The fourth-order valence-electron chi connectivity index (χ4n) is 7.01. The lowest BCUT2D eigenvalue weighted by Gasteiger charge is -2.47. The van der Waals surface area contributed by atoms with Gasteiger partial charge in [0.05, 0.1) is 45.4 Å². The minimum atomic E-state index is -4.90. The van der Waals surface area contributed by atoms with Crippen LogP contribution in [0.15, 0.2) is 36.5 Å². The second-order valence-corrected chi connectivity index (χ2v) is 12.7. The van der Waals surface area contributed by atoms with E-state index in [4.69, 9.17) is 37.5 Å². The Bertz CT molecular complexity index is 1960. The summed E-state index contributed by atoms with van der Waals surface area (Å²) in [5, 5.41) is -0.345. The lowest BCUT2D eigenvalue weighted by molar-refractivity contribution is -0.137. The molecule has 7 rings (SSSR count). The van der Waals surface area contributed by atoms with Crippen LogP contribution in [0, 0.1) is 12.7 Å². The van der Waals surface area contributed by atoms with Crippen LogP contribution >= 0.6 is 11.6 Å². The number of benzene rings is 1. The highest BCUT2D eigenvalue weighted by molar-refractivity contribution is 6.36. The molecule has 4 N–H and O–H groups in total. The fourth-order valence-corrected chi connectivity index (χ4v) is 7.33. The van der Waals surface area contributed by atoms with Crippen molar-refractivity contribution in [2.45, 2.75) is 44.4 Å². The Morgan fingerprint density at radius 3 is 2.68 bits per heavy atom. The van der Waals surface area contributed by atoms with Crippen LogP contribution in [0.5, 0.6) is 11.8 Å². The average molecular weight is 671 g/mol. The number of hydrogen-bond donors (Lipinski definition) is 2. The van der Waals surface area contributed by atoms with Gasteiger partial charge >= 0.3 is 12.2 Å². The first-order valence-corrected chi connectivity index (χ1v) is 15.4.